The monoisotopic (exact) mass is 201 g/mol. The van der Waals surface area contributed by atoms with Crippen LogP contribution in [-0.4, -0.2) is 18.7 Å². The minimum atomic E-state index is -1.77. The highest BCUT2D eigenvalue weighted by atomic mass is 31.2. The highest BCUT2D eigenvalue weighted by molar-refractivity contribution is 7.79. The summed E-state index contributed by atoms with van der Waals surface area (Å²) in [5.41, 5.74) is 0.944. The van der Waals surface area contributed by atoms with Crippen molar-refractivity contribution in [2.45, 2.75) is 0 Å². The van der Waals surface area contributed by atoms with Gasteiger partial charge in [0.25, 0.3) is 0 Å². The van der Waals surface area contributed by atoms with Crippen LogP contribution in [-0.2, 0) is 0 Å². The summed E-state index contributed by atoms with van der Waals surface area (Å²) < 4.78 is 0. The molecule has 0 radical (unpaired) electrons. The summed E-state index contributed by atoms with van der Waals surface area (Å²) in [6, 6.07) is 4.03. The summed E-state index contributed by atoms with van der Waals surface area (Å²) in [5.74, 6) is 0. The fourth-order valence-corrected chi connectivity index (χ4v) is 2.82. The van der Waals surface area contributed by atoms with E-state index in [4.69, 9.17) is 17.1 Å². The smallest absolute Gasteiger partial charge is 0.187 e. The standard InChI is InChI=1S/C10H8N3P/c1-13-10-5-8(6-11)4-9(7-12)14(10,2)3/h4-5H,2-3H3. The Labute approximate surface area is 83.4 Å². The molecular weight excluding hydrogens is 193 g/mol. The Morgan fingerprint density at radius 1 is 1.29 bits per heavy atom. The quantitative estimate of drug-likeness (QED) is 0.445. The summed E-state index contributed by atoms with van der Waals surface area (Å²) in [4.78, 5) is 3.39. The van der Waals surface area contributed by atoms with E-state index in [9.17, 15) is 0 Å². The third-order valence-corrected chi connectivity index (χ3v) is 4.92. The predicted octanol–water partition coefficient (Wildman–Crippen LogP) is 2.18. The summed E-state index contributed by atoms with van der Waals surface area (Å²) in [7, 11) is 0. The van der Waals surface area contributed by atoms with Crippen molar-refractivity contribution in [3.8, 4) is 12.1 Å². The van der Waals surface area contributed by atoms with Crippen LogP contribution in [0.15, 0.2) is 23.0 Å². The minimum Gasteiger partial charge on any atom is -0.238 e. The maximum absolute atomic E-state index is 8.91. The molecule has 0 saturated carbocycles. The topological polar surface area (TPSA) is 51.9 Å². The van der Waals surface area contributed by atoms with Gasteiger partial charge in [-0.05, 0) is 25.5 Å². The third-order valence-electron chi connectivity index (χ3n) is 2.11. The first kappa shape index (κ1) is 10.3. The van der Waals surface area contributed by atoms with Gasteiger partial charge in [-0.1, -0.05) is 6.89 Å². The molecule has 0 aromatic rings. The Balaban J connectivity index is 3.57. The minimum absolute atomic E-state index is 0.395. The molecule has 68 valence electrons. The largest absolute Gasteiger partial charge is 0.238 e. The van der Waals surface area contributed by atoms with Crippen LogP contribution in [0.2, 0.25) is 0 Å². The molecule has 0 aromatic carbocycles. The Kier molecular flexibility index (Phi) is 2.62. The number of rotatable bonds is 0. The van der Waals surface area contributed by atoms with Crippen molar-refractivity contribution in [1.29, 1.82) is 10.5 Å². The highest BCUT2D eigenvalue weighted by Crippen LogP contribution is 2.52. The molecule has 3 nitrogen and oxygen atoms in total. The summed E-state index contributed by atoms with van der Waals surface area (Å²) in [5, 5.41) is 18.2. The maximum Gasteiger partial charge on any atom is 0.187 e. The number of hydrogen-bond donors (Lipinski definition) is 0. The van der Waals surface area contributed by atoms with Crippen molar-refractivity contribution in [2.75, 3.05) is 13.3 Å². The van der Waals surface area contributed by atoms with Crippen LogP contribution in [0.25, 0.3) is 4.85 Å². The van der Waals surface area contributed by atoms with Gasteiger partial charge in [0.05, 0.1) is 18.7 Å². The van der Waals surface area contributed by atoms with Crippen molar-refractivity contribution in [3.05, 3.63) is 34.5 Å². The van der Waals surface area contributed by atoms with E-state index in [2.05, 4.69) is 10.9 Å². The van der Waals surface area contributed by atoms with Gasteiger partial charge < -0.3 is 0 Å². The molecule has 0 unspecified atom stereocenters. The van der Waals surface area contributed by atoms with Crippen LogP contribution in [0, 0.1) is 29.2 Å². The molecule has 0 fully saturated rings. The normalized spacial score (nSPS) is 18.4. The van der Waals surface area contributed by atoms with Gasteiger partial charge in [0.1, 0.15) is 0 Å². The zero-order valence-electron chi connectivity index (χ0n) is 7.94. The molecule has 0 bridgehead atoms. The van der Waals surface area contributed by atoms with Crippen molar-refractivity contribution in [3.63, 3.8) is 0 Å². The van der Waals surface area contributed by atoms with Crippen LogP contribution in [0.5, 0.6) is 0 Å². The Hall–Kier alpha value is -1.75. The van der Waals surface area contributed by atoms with E-state index >= 15 is 0 Å². The Morgan fingerprint density at radius 2 is 1.93 bits per heavy atom. The molecule has 14 heavy (non-hydrogen) atoms. The van der Waals surface area contributed by atoms with Gasteiger partial charge >= 0.3 is 0 Å². The van der Waals surface area contributed by atoms with E-state index < -0.39 is 6.89 Å². The molecule has 0 aromatic heterocycles. The van der Waals surface area contributed by atoms with Crippen LogP contribution >= 0.6 is 6.89 Å². The van der Waals surface area contributed by atoms with Crippen LogP contribution < -0.4 is 0 Å². The van der Waals surface area contributed by atoms with E-state index in [0.29, 0.717) is 16.3 Å². The van der Waals surface area contributed by atoms with Crippen LogP contribution in [0.3, 0.4) is 0 Å². The van der Waals surface area contributed by atoms with E-state index in [-0.39, 0.29) is 0 Å². The highest BCUT2D eigenvalue weighted by Gasteiger charge is 2.21. The lowest BCUT2D eigenvalue weighted by molar-refractivity contribution is 1.48. The second kappa shape index (κ2) is 3.55. The van der Waals surface area contributed by atoms with Crippen molar-refractivity contribution in [2.24, 2.45) is 0 Å². The number of nitrogens with zero attached hydrogens (tertiary/aromatic N) is 3. The molecule has 0 atom stereocenters. The first-order chi connectivity index (χ1) is 6.56. The molecule has 0 spiro atoms. The van der Waals surface area contributed by atoms with Crippen LogP contribution in [0.1, 0.15) is 0 Å². The first-order valence-corrected chi connectivity index (χ1v) is 6.57. The Bertz CT molecular complexity index is 506. The van der Waals surface area contributed by atoms with Gasteiger partial charge in [-0.3, -0.25) is 0 Å². The number of nitriles is 2. The fourth-order valence-electron chi connectivity index (χ4n) is 1.15. The van der Waals surface area contributed by atoms with E-state index in [0.717, 1.165) is 0 Å². The zero-order chi connectivity index (χ0) is 10.8. The van der Waals surface area contributed by atoms with Gasteiger partial charge in [-0.2, -0.15) is 10.5 Å². The molecule has 0 amide bonds. The van der Waals surface area contributed by atoms with E-state index in [1.165, 1.54) is 0 Å². The third kappa shape index (κ3) is 1.49. The molecule has 1 heterocycles. The SMILES string of the molecule is [C-]#[N+]C1=P(C)(C)C(C#N)=CC(C#N)=C1. The van der Waals surface area contributed by atoms with Crippen molar-refractivity contribution >= 4 is 12.3 Å². The fraction of sp³-hybridized carbons (Fsp3) is 0.200. The van der Waals surface area contributed by atoms with Gasteiger partial charge in [-0.25, -0.2) is 4.85 Å². The van der Waals surface area contributed by atoms with Gasteiger partial charge in [0.15, 0.2) is 5.42 Å². The number of allylic oxidation sites excluding steroid dienone is 3. The average molecular weight is 201 g/mol. The molecule has 4 heteroatoms. The lowest BCUT2D eigenvalue weighted by Crippen LogP contribution is -2.00. The second-order valence-corrected chi connectivity index (χ2v) is 7.12. The average Bonchev–Trinajstić information content (AvgIpc) is 2.17. The second-order valence-electron chi connectivity index (χ2n) is 3.28. The molecule has 0 aliphatic carbocycles. The van der Waals surface area contributed by atoms with E-state index in [1.54, 1.807) is 12.2 Å². The van der Waals surface area contributed by atoms with Gasteiger partial charge in [0, 0.05) is 10.9 Å². The van der Waals surface area contributed by atoms with Gasteiger partial charge in [0.2, 0.25) is 0 Å². The first-order valence-electron chi connectivity index (χ1n) is 3.89. The summed E-state index contributed by atoms with van der Waals surface area (Å²) in [6.07, 6.45) is 3.17. The van der Waals surface area contributed by atoms with Gasteiger partial charge in [-0.15, -0.1) is 0 Å². The molecule has 0 N–H and O–H groups in total. The maximum atomic E-state index is 8.91. The lowest BCUT2D eigenvalue weighted by atomic mass is 10.2. The molecule has 1 aliphatic rings. The predicted molar refractivity (Wildman–Crippen MR) is 57.8 cm³/mol. The molecular formula is C10H8N3P. The van der Waals surface area contributed by atoms with E-state index in [1.807, 2.05) is 19.4 Å². The Morgan fingerprint density at radius 3 is 2.36 bits per heavy atom. The van der Waals surface area contributed by atoms with Crippen molar-refractivity contribution in [1.82, 2.24) is 0 Å². The summed E-state index contributed by atoms with van der Waals surface area (Å²) >= 11 is 0. The van der Waals surface area contributed by atoms with Crippen LogP contribution in [0.4, 0.5) is 0 Å². The zero-order valence-corrected chi connectivity index (χ0v) is 8.84. The summed E-state index contributed by atoms with van der Waals surface area (Å²) in [6.45, 7) is 9.07. The molecule has 1 rings (SSSR count). The lowest BCUT2D eigenvalue weighted by Gasteiger charge is -2.18. The molecule has 0 saturated heterocycles. The molecule has 1 aliphatic heterocycles. The van der Waals surface area contributed by atoms with Crippen molar-refractivity contribution < 1.29 is 0 Å². The number of hydrogen-bond acceptors (Lipinski definition) is 2.